The number of thiazole rings is 1. The van der Waals surface area contributed by atoms with Crippen molar-refractivity contribution in [3.05, 3.63) is 11.6 Å². The zero-order chi connectivity index (χ0) is 14.0. The number of hydrogen-bond donors (Lipinski definition) is 1. The van der Waals surface area contributed by atoms with E-state index in [9.17, 15) is 0 Å². The van der Waals surface area contributed by atoms with Crippen molar-refractivity contribution in [2.75, 3.05) is 43.4 Å². The van der Waals surface area contributed by atoms with Crippen molar-refractivity contribution in [1.29, 1.82) is 0 Å². The lowest BCUT2D eigenvalue weighted by Gasteiger charge is -2.52. The molecule has 0 saturated carbocycles. The van der Waals surface area contributed by atoms with Gasteiger partial charge in [-0.2, -0.15) is 11.8 Å². The summed E-state index contributed by atoms with van der Waals surface area (Å²) in [7, 11) is 0. The number of thioether (sulfide) groups is 1. The van der Waals surface area contributed by atoms with E-state index in [1.54, 1.807) is 11.3 Å². The average molecular weight is 313 g/mol. The summed E-state index contributed by atoms with van der Waals surface area (Å²) in [6.45, 7) is 7.53. The lowest BCUT2D eigenvalue weighted by molar-refractivity contribution is 0.0756. The number of nitrogens with two attached hydrogens (primary N) is 1. The molecule has 1 aromatic rings. The van der Waals surface area contributed by atoms with Gasteiger partial charge in [-0.25, -0.2) is 4.98 Å². The van der Waals surface area contributed by atoms with Crippen molar-refractivity contribution in [3.8, 4) is 0 Å². The Morgan fingerprint density at radius 2 is 2.20 bits per heavy atom. The molecular weight excluding hydrogens is 288 g/mol. The molecule has 4 nitrogen and oxygen atoms in total. The molecule has 1 aromatic heterocycles. The third-order valence-corrected chi connectivity index (χ3v) is 7.13. The summed E-state index contributed by atoms with van der Waals surface area (Å²) in [5, 5.41) is 3.87. The maximum absolute atomic E-state index is 6.21. The smallest absolute Gasteiger partial charge is 0.185 e. The molecule has 3 heterocycles. The van der Waals surface area contributed by atoms with Crippen LogP contribution in [0.15, 0.2) is 11.6 Å². The highest BCUT2D eigenvalue weighted by Gasteiger charge is 2.43. The molecule has 0 aliphatic carbocycles. The van der Waals surface area contributed by atoms with Crippen LogP contribution in [0.4, 0.5) is 5.13 Å². The Morgan fingerprint density at radius 3 is 2.80 bits per heavy atom. The summed E-state index contributed by atoms with van der Waals surface area (Å²) in [6, 6.07) is 0. The lowest BCUT2D eigenvalue weighted by Crippen LogP contribution is -2.65. The van der Waals surface area contributed by atoms with E-state index >= 15 is 0 Å². The number of rotatable bonds is 3. The van der Waals surface area contributed by atoms with E-state index in [0.717, 1.165) is 37.9 Å². The van der Waals surface area contributed by atoms with Gasteiger partial charge in [-0.15, -0.1) is 11.3 Å². The number of hydrogen-bond acceptors (Lipinski definition) is 6. The molecule has 0 aromatic carbocycles. The molecule has 20 heavy (non-hydrogen) atoms. The van der Waals surface area contributed by atoms with E-state index in [0.29, 0.717) is 5.25 Å². The topological polar surface area (TPSA) is 45.4 Å². The predicted octanol–water partition coefficient (Wildman–Crippen LogP) is 1.88. The number of nitrogens with zero attached hydrogens (tertiary/aromatic N) is 3. The fourth-order valence-corrected chi connectivity index (χ4v) is 5.56. The largest absolute Gasteiger partial charge is 0.346 e. The highest BCUT2D eigenvalue weighted by molar-refractivity contribution is 8.00. The molecule has 112 valence electrons. The van der Waals surface area contributed by atoms with Gasteiger partial charge in [0.15, 0.2) is 5.13 Å². The summed E-state index contributed by atoms with van der Waals surface area (Å²) >= 11 is 3.84. The molecule has 2 fully saturated rings. The monoisotopic (exact) mass is 312 g/mol. The van der Waals surface area contributed by atoms with Gasteiger partial charge in [-0.3, -0.25) is 4.90 Å². The molecule has 2 unspecified atom stereocenters. The molecule has 0 spiro atoms. The summed E-state index contributed by atoms with van der Waals surface area (Å²) in [5.41, 5.74) is 6.43. The molecule has 2 atom stereocenters. The van der Waals surface area contributed by atoms with Gasteiger partial charge in [-0.1, -0.05) is 6.92 Å². The van der Waals surface area contributed by atoms with E-state index in [1.165, 1.54) is 18.6 Å². The van der Waals surface area contributed by atoms with Crippen LogP contribution in [0.2, 0.25) is 0 Å². The van der Waals surface area contributed by atoms with Gasteiger partial charge in [-0.05, 0) is 18.6 Å². The first-order chi connectivity index (χ1) is 9.76. The first-order valence-electron chi connectivity index (χ1n) is 7.47. The van der Waals surface area contributed by atoms with Crippen LogP contribution in [0.3, 0.4) is 0 Å². The second-order valence-electron chi connectivity index (χ2n) is 5.71. The van der Waals surface area contributed by atoms with Crippen molar-refractivity contribution in [3.63, 3.8) is 0 Å². The molecule has 0 bridgehead atoms. The van der Waals surface area contributed by atoms with Crippen LogP contribution >= 0.6 is 23.1 Å². The summed E-state index contributed by atoms with van der Waals surface area (Å²) in [6.07, 6.45) is 4.46. The second kappa shape index (κ2) is 6.22. The van der Waals surface area contributed by atoms with Crippen LogP contribution in [-0.4, -0.2) is 59.1 Å². The predicted molar refractivity (Wildman–Crippen MR) is 88.8 cm³/mol. The summed E-state index contributed by atoms with van der Waals surface area (Å²) in [4.78, 5) is 9.50. The van der Waals surface area contributed by atoms with Crippen LogP contribution in [-0.2, 0) is 0 Å². The van der Waals surface area contributed by atoms with Crippen molar-refractivity contribution in [2.24, 2.45) is 5.73 Å². The molecule has 6 heteroatoms. The number of piperazine rings is 1. The van der Waals surface area contributed by atoms with E-state index in [1.807, 2.05) is 6.20 Å². The second-order valence-corrected chi connectivity index (χ2v) is 8.03. The van der Waals surface area contributed by atoms with Gasteiger partial charge in [0.1, 0.15) is 0 Å². The lowest BCUT2D eigenvalue weighted by atomic mass is 9.87. The van der Waals surface area contributed by atoms with Crippen molar-refractivity contribution in [2.45, 2.75) is 30.6 Å². The molecule has 2 saturated heterocycles. The van der Waals surface area contributed by atoms with Gasteiger partial charge in [0.05, 0.1) is 0 Å². The minimum Gasteiger partial charge on any atom is -0.346 e. The highest BCUT2D eigenvalue weighted by atomic mass is 32.2. The molecule has 2 aliphatic rings. The van der Waals surface area contributed by atoms with Gasteiger partial charge >= 0.3 is 0 Å². The Bertz CT molecular complexity index is 417. The number of anilines is 1. The zero-order valence-corrected chi connectivity index (χ0v) is 13.8. The minimum atomic E-state index is 0.220. The van der Waals surface area contributed by atoms with Gasteiger partial charge < -0.3 is 10.6 Å². The van der Waals surface area contributed by atoms with Crippen LogP contribution in [0.25, 0.3) is 0 Å². The first kappa shape index (κ1) is 14.6. The Labute approximate surface area is 129 Å². The zero-order valence-electron chi connectivity index (χ0n) is 12.1. The third kappa shape index (κ3) is 2.58. The Kier molecular flexibility index (Phi) is 4.55. The Morgan fingerprint density at radius 1 is 1.40 bits per heavy atom. The van der Waals surface area contributed by atoms with Crippen molar-refractivity contribution >= 4 is 28.2 Å². The molecule has 3 rings (SSSR count). The normalized spacial score (nSPS) is 32.5. The standard InChI is InChI=1S/C14H24N4S2/c1-12-14(11-15,3-2-9-19-12)18-7-5-17(6-8-18)13-16-4-10-20-13/h4,10,12H,2-3,5-9,11,15H2,1H3. The Hall–Kier alpha value is -0.300. The average Bonchev–Trinajstić information content (AvgIpc) is 3.03. The van der Waals surface area contributed by atoms with Gasteiger partial charge in [0.25, 0.3) is 0 Å². The van der Waals surface area contributed by atoms with E-state index < -0.39 is 0 Å². The fourth-order valence-electron chi connectivity index (χ4n) is 3.52. The van der Waals surface area contributed by atoms with Gasteiger partial charge in [0.2, 0.25) is 0 Å². The van der Waals surface area contributed by atoms with E-state index in [-0.39, 0.29) is 5.54 Å². The van der Waals surface area contributed by atoms with Crippen LogP contribution < -0.4 is 10.6 Å². The molecular formula is C14H24N4S2. The first-order valence-corrected chi connectivity index (χ1v) is 9.40. The van der Waals surface area contributed by atoms with Crippen molar-refractivity contribution in [1.82, 2.24) is 9.88 Å². The summed E-state index contributed by atoms with van der Waals surface area (Å²) < 4.78 is 0. The van der Waals surface area contributed by atoms with Crippen LogP contribution in [0.5, 0.6) is 0 Å². The minimum absolute atomic E-state index is 0.220. The third-order valence-electron chi connectivity index (χ3n) is 4.83. The van der Waals surface area contributed by atoms with Gasteiger partial charge in [0, 0.05) is 55.1 Å². The van der Waals surface area contributed by atoms with Crippen molar-refractivity contribution < 1.29 is 0 Å². The van der Waals surface area contributed by atoms with Crippen LogP contribution in [0.1, 0.15) is 19.8 Å². The molecule has 0 radical (unpaired) electrons. The highest BCUT2D eigenvalue weighted by Crippen LogP contribution is 2.38. The Balaban J connectivity index is 1.67. The van der Waals surface area contributed by atoms with Crippen LogP contribution in [0, 0.1) is 0 Å². The summed E-state index contributed by atoms with van der Waals surface area (Å²) in [5.74, 6) is 1.29. The SMILES string of the molecule is CC1SCCCC1(CN)N1CCN(c2nccs2)CC1. The van der Waals surface area contributed by atoms with E-state index in [2.05, 4.69) is 38.8 Å². The quantitative estimate of drug-likeness (QED) is 0.923. The van der Waals surface area contributed by atoms with E-state index in [4.69, 9.17) is 5.73 Å². The maximum atomic E-state index is 6.21. The molecule has 2 aliphatic heterocycles. The molecule has 2 N–H and O–H groups in total. The number of aromatic nitrogens is 1. The fraction of sp³-hybridized carbons (Fsp3) is 0.786. The molecule has 0 amide bonds. The maximum Gasteiger partial charge on any atom is 0.185 e.